The van der Waals surface area contributed by atoms with Crippen LogP contribution in [0.2, 0.25) is 0 Å². The number of rotatable bonds is 3. The van der Waals surface area contributed by atoms with Gasteiger partial charge in [0, 0.05) is 11.1 Å². The van der Waals surface area contributed by atoms with Crippen molar-refractivity contribution in [1.29, 1.82) is 0 Å². The van der Waals surface area contributed by atoms with Crippen molar-refractivity contribution in [3.05, 3.63) is 69.3 Å². The number of aryl methyl sites for hydroxylation is 2. The Morgan fingerprint density at radius 1 is 1.16 bits per heavy atom. The summed E-state index contributed by atoms with van der Waals surface area (Å²) in [6.45, 7) is 3.14. The third kappa shape index (κ3) is 3.33. The molecule has 5 nitrogen and oxygen atoms in total. The molecule has 0 N–H and O–H groups in total. The first kappa shape index (κ1) is 16.9. The molecule has 0 bridgehead atoms. The Morgan fingerprint density at radius 2 is 1.84 bits per heavy atom. The zero-order valence-electron chi connectivity index (χ0n) is 13.5. The van der Waals surface area contributed by atoms with E-state index in [1.165, 1.54) is 0 Å². The van der Waals surface area contributed by atoms with E-state index in [4.69, 9.17) is 4.52 Å². The molecular formula is C17H14F3N3O2. The highest BCUT2D eigenvalue weighted by atomic mass is 19.4. The Kier molecular flexibility index (Phi) is 4.20. The second-order valence-corrected chi connectivity index (χ2v) is 5.57. The van der Waals surface area contributed by atoms with Crippen molar-refractivity contribution in [3.63, 3.8) is 0 Å². The number of aromatic nitrogens is 3. The molecule has 1 aromatic carbocycles. The van der Waals surface area contributed by atoms with E-state index < -0.39 is 17.3 Å². The lowest BCUT2D eigenvalue weighted by molar-refractivity contribution is -0.139. The molecule has 0 amide bonds. The molecule has 25 heavy (non-hydrogen) atoms. The smallest absolute Gasteiger partial charge is 0.361 e. The minimum absolute atomic E-state index is 0.0688. The molecule has 0 unspecified atom stereocenters. The topological polar surface area (TPSA) is 60.9 Å². The van der Waals surface area contributed by atoms with Gasteiger partial charge in [0.15, 0.2) is 0 Å². The van der Waals surface area contributed by atoms with Crippen molar-refractivity contribution in [2.24, 2.45) is 0 Å². The van der Waals surface area contributed by atoms with E-state index >= 15 is 0 Å². The van der Waals surface area contributed by atoms with Crippen molar-refractivity contribution in [3.8, 4) is 11.3 Å². The maximum Gasteiger partial charge on any atom is 0.421 e. The van der Waals surface area contributed by atoms with E-state index in [0.29, 0.717) is 22.6 Å². The Hall–Kier alpha value is -2.90. The third-order valence-electron chi connectivity index (χ3n) is 3.84. The predicted octanol–water partition coefficient (Wildman–Crippen LogP) is 3.58. The normalized spacial score (nSPS) is 11.7. The summed E-state index contributed by atoms with van der Waals surface area (Å²) in [5.41, 5.74) is -0.863. The first-order valence-electron chi connectivity index (χ1n) is 7.44. The summed E-state index contributed by atoms with van der Waals surface area (Å²) < 4.78 is 45.7. The van der Waals surface area contributed by atoms with Gasteiger partial charge in [0.2, 0.25) is 0 Å². The average molecular weight is 349 g/mol. The van der Waals surface area contributed by atoms with Crippen LogP contribution in [0.5, 0.6) is 0 Å². The van der Waals surface area contributed by atoms with Gasteiger partial charge in [-0.25, -0.2) is 4.68 Å². The molecule has 3 aromatic rings. The Bertz CT molecular complexity index is 940. The van der Waals surface area contributed by atoms with Gasteiger partial charge in [0.05, 0.1) is 17.9 Å². The van der Waals surface area contributed by atoms with Gasteiger partial charge in [-0.2, -0.15) is 18.3 Å². The van der Waals surface area contributed by atoms with Gasteiger partial charge in [0.25, 0.3) is 5.56 Å². The van der Waals surface area contributed by atoms with Crippen molar-refractivity contribution >= 4 is 0 Å². The molecule has 3 rings (SSSR count). The van der Waals surface area contributed by atoms with Crippen molar-refractivity contribution in [1.82, 2.24) is 14.9 Å². The first-order chi connectivity index (χ1) is 11.8. The van der Waals surface area contributed by atoms with Crippen LogP contribution in [0.25, 0.3) is 11.3 Å². The van der Waals surface area contributed by atoms with Crippen LogP contribution in [0, 0.1) is 13.8 Å². The summed E-state index contributed by atoms with van der Waals surface area (Å²) in [4.78, 5) is 12.3. The SMILES string of the molecule is Cc1noc(C)c1Cn1nc(-c2ccccc2)cc(C(F)(F)F)c1=O. The van der Waals surface area contributed by atoms with Gasteiger partial charge in [-0.15, -0.1) is 0 Å². The number of nitrogens with zero attached hydrogens (tertiary/aromatic N) is 3. The van der Waals surface area contributed by atoms with Crippen LogP contribution >= 0.6 is 0 Å². The van der Waals surface area contributed by atoms with Crippen LogP contribution in [-0.4, -0.2) is 14.9 Å². The van der Waals surface area contributed by atoms with Crippen LogP contribution in [0.4, 0.5) is 13.2 Å². The van der Waals surface area contributed by atoms with Gasteiger partial charge in [-0.05, 0) is 19.9 Å². The second kappa shape index (κ2) is 6.19. The summed E-state index contributed by atoms with van der Waals surface area (Å²) in [7, 11) is 0. The molecule has 0 saturated heterocycles. The second-order valence-electron chi connectivity index (χ2n) is 5.57. The molecule has 0 spiro atoms. The molecule has 0 aliphatic heterocycles. The standard InChI is InChI=1S/C17H14F3N3O2/c1-10-13(11(2)25-22-10)9-23-16(24)14(17(18,19)20)8-15(21-23)12-6-4-3-5-7-12/h3-8H,9H2,1-2H3. The van der Waals surface area contributed by atoms with E-state index in [1.807, 2.05) is 0 Å². The van der Waals surface area contributed by atoms with Gasteiger partial charge >= 0.3 is 6.18 Å². The van der Waals surface area contributed by atoms with Crippen LogP contribution < -0.4 is 5.56 Å². The molecule has 0 saturated carbocycles. The molecule has 8 heteroatoms. The third-order valence-corrected chi connectivity index (χ3v) is 3.84. The minimum atomic E-state index is -4.77. The molecule has 0 aliphatic rings. The molecule has 0 fully saturated rings. The van der Waals surface area contributed by atoms with Gasteiger partial charge in [-0.1, -0.05) is 35.5 Å². The predicted molar refractivity (Wildman–Crippen MR) is 84.0 cm³/mol. The summed E-state index contributed by atoms with van der Waals surface area (Å²) in [5, 5.41) is 7.86. The lowest BCUT2D eigenvalue weighted by Gasteiger charge is -2.12. The monoisotopic (exact) mass is 349 g/mol. The molecule has 2 heterocycles. The number of benzene rings is 1. The maximum atomic E-state index is 13.3. The number of alkyl halides is 3. The molecule has 0 radical (unpaired) electrons. The van der Waals surface area contributed by atoms with Crippen LogP contribution in [0.3, 0.4) is 0 Å². The summed E-state index contributed by atoms with van der Waals surface area (Å²) >= 11 is 0. The Labute approximate surface area is 140 Å². The molecular weight excluding hydrogens is 335 g/mol. The molecule has 2 aromatic heterocycles. The maximum absolute atomic E-state index is 13.3. The minimum Gasteiger partial charge on any atom is -0.361 e. The molecule has 0 atom stereocenters. The van der Waals surface area contributed by atoms with Crippen LogP contribution in [0.15, 0.2) is 45.7 Å². The van der Waals surface area contributed by atoms with Crippen LogP contribution in [0.1, 0.15) is 22.6 Å². The average Bonchev–Trinajstić information content (AvgIpc) is 2.88. The Balaban J connectivity index is 2.19. The summed E-state index contributed by atoms with van der Waals surface area (Å²) in [5.74, 6) is 0.435. The number of hydrogen-bond acceptors (Lipinski definition) is 4. The van der Waals surface area contributed by atoms with Crippen molar-refractivity contribution in [2.45, 2.75) is 26.6 Å². The highest BCUT2D eigenvalue weighted by molar-refractivity contribution is 5.59. The van der Waals surface area contributed by atoms with E-state index in [9.17, 15) is 18.0 Å². The summed E-state index contributed by atoms with van der Waals surface area (Å²) in [6.07, 6.45) is -4.77. The van der Waals surface area contributed by atoms with Crippen molar-refractivity contribution < 1.29 is 17.7 Å². The van der Waals surface area contributed by atoms with E-state index in [1.54, 1.807) is 44.2 Å². The largest absolute Gasteiger partial charge is 0.421 e. The quantitative estimate of drug-likeness (QED) is 0.725. The number of halogens is 3. The highest BCUT2D eigenvalue weighted by Gasteiger charge is 2.35. The summed E-state index contributed by atoms with van der Waals surface area (Å²) in [6, 6.07) is 9.16. The van der Waals surface area contributed by atoms with Gasteiger partial charge < -0.3 is 4.52 Å². The lowest BCUT2D eigenvalue weighted by Crippen LogP contribution is -2.31. The van der Waals surface area contributed by atoms with E-state index in [0.717, 1.165) is 10.7 Å². The molecule has 130 valence electrons. The zero-order valence-corrected chi connectivity index (χ0v) is 13.5. The van der Waals surface area contributed by atoms with E-state index in [-0.39, 0.29) is 12.2 Å². The fourth-order valence-electron chi connectivity index (χ4n) is 2.48. The lowest BCUT2D eigenvalue weighted by atomic mass is 10.1. The van der Waals surface area contributed by atoms with Crippen molar-refractivity contribution in [2.75, 3.05) is 0 Å². The number of hydrogen-bond donors (Lipinski definition) is 0. The fourth-order valence-corrected chi connectivity index (χ4v) is 2.48. The van der Waals surface area contributed by atoms with E-state index in [2.05, 4.69) is 10.3 Å². The van der Waals surface area contributed by atoms with Gasteiger partial charge in [-0.3, -0.25) is 4.79 Å². The fraction of sp³-hybridized carbons (Fsp3) is 0.235. The molecule has 0 aliphatic carbocycles. The first-order valence-corrected chi connectivity index (χ1v) is 7.44. The zero-order chi connectivity index (χ0) is 18.2. The Morgan fingerprint density at radius 3 is 2.40 bits per heavy atom. The highest BCUT2D eigenvalue weighted by Crippen LogP contribution is 2.29. The van der Waals surface area contributed by atoms with Gasteiger partial charge in [0.1, 0.15) is 11.3 Å². The van der Waals surface area contributed by atoms with Crippen LogP contribution in [-0.2, 0) is 12.7 Å².